The lowest BCUT2D eigenvalue weighted by Gasteiger charge is -2.07. The van der Waals surface area contributed by atoms with E-state index in [4.69, 9.17) is 11.6 Å². The first-order chi connectivity index (χ1) is 9.49. The molecular weight excluding hydrogens is 274 g/mol. The van der Waals surface area contributed by atoms with Gasteiger partial charge in [0.25, 0.3) is 5.95 Å². The highest BCUT2D eigenvalue weighted by atomic mass is 35.5. The van der Waals surface area contributed by atoms with Crippen molar-refractivity contribution in [3.63, 3.8) is 0 Å². The van der Waals surface area contributed by atoms with Crippen LogP contribution in [0, 0.1) is 19.8 Å². The third-order valence-electron chi connectivity index (χ3n) is 2.97. The molecule has 0 fully saturated rings. The van der Waals surface area contributed by atoms with Crippen LogP contribution in [-0.4, -0.2) is 26.3 Å². The van der Waals surface area contributed by atoms with Crippen LogP contribution >= 0.6 is 11.6 Å². The molecule has 0 unspecified atom stereocenters. The lowest BCUT2D eigenvalue weighted by molar-refractivity contribution is 0.551. The molecule has 0 radical (unpaired) electrons. The number of rotatable bonds is 5. The molecule has 5 nitrogen and oxygen atoms in total. The first-order valence-corrected chi connectivity index (χ1v) is 7.10. The second-order valence-electron chi connectivity index (χ2n) is 5.31. The summed E-state index contributed by atoms with van der Waals surface area (Å²) in [4.78, 5) is 8.71. The number of nitrogens with zero attached hydrogens (tertiary/aromatic N) is 4. The van der Waals surface area contributed by atoms with Gasteiger partial charge in [-0.2, -0.15) is 5.10 Å². The van der Waals surface area contributed by atoms with Gasteiger partial charge in [0.2, 0.25) is 0 Å². The van der Waals surface area contributed by atoms with E-state index in [0.717, 1.165) is 30.0 Å². The third kappa shape index (κ3) is 3.35. The van der Waals surface area contributed by atoms with Gasteiger partial charge in [0.1, 0.15) is 0 Å². The molecule has 2 rings (SSSR count). The van der Waals surface area contributed by atoms with E-state index in [-0.39, 0.29) is 0 Å². The molecule has 0 aromatic carbocycles. The molecule has 0 saturated carbocycles. The minimum atomic E-state index is 0.546. The van der Waals surface area contributed by atoms with Gasteiger partial charge in [-0.05, 0) is 26.3 Å². The SMILES string of the molecule is Cc1nn(-c2ncc(CNCC(C)C)cn2)c(C)c1Cl. The molecule has 0 aliphatic rings. The largest absolute Gasteiger partial charge is 0.312 e. The molecule has 0 aliphatic carbocycles. The molecule has 0 atom stereocenters. The maximum Gasteiger partial charge on any atom is 0.250 e. The maximum absolute atomic E-state index is 6.13. The zero-order valence-electron chi connectivity index (χ0n) is 12.3. The average molecular weight is 294 g/mol. The van der Waals surface area contributed by atoms with Crippen molar-refractivity contribution in [2.45, 2.75) is 34.2 Å². The lowest BCUT2D eigenvalue weighted by atomic mass is 10.2. The van der Waals surface area contributed by atoms with Crippen LogP contribution in [0.4, 0.5) is 0 Å². The summed E-state index contributed by atoms with van der Waals surface area (Å²) in [5.74, 6) is 1.18. The van der Waals surface area contributed by atoms with Crippen molar-refractivity contribution < 1.29 is 0 Å². The van der Waals surface area contributed by atoms with E-state index in [1.807, 2.05) is 26.2 Å². The van der Waals surface area contributed by atoms with Gasteiger partial charge in [-0.3, -0.25) is 0 Å². The molecule has 2 heterocycles. The van der Waals surface area contributed by atoms with E-state index in [1.54, 1.807) is 4.68 Å². The van der Waals surface area contributed by atoms with Gasteiger partial charge in [-0.15, -0.1) is 0 Å². The van der Waals surface area contributed by atoms with Crippen LogP contribution in [0.5, 0.6) is 0 Å². The minimum absolute atomic E-state index is 0.546. The average Bonchev–Trinajstić information content (AvgIpc) is 2.67. The molecule has 2 aromatic rings. The number of aromatic nitrogens is 4. The van der Waals surface area contributed by atoms with E-state index in [9.17, 15) is 0 Å². The molecule has 0 aliphatic heterocycles. The lowest BCUT2D eigenvalue weighted by Crippen LogP contribution is -2.19. The van der Waals surface area contributed by atoms with Crippen LogP contribution < -0.4 is 5.32 Å². The summed E-state index contributed by atoms with van der Waals surface area (Å²) in [7, 11) is 0. The summed E-state index contributed by atoms with van der Waals surface area (Å²) in [5, 5.41) is 8.36. The second kappa shape index (κ2) is 6.33. The summed E-state index contributed by atoms with van der Waals surface area (Å²) >= 11 is 6.13. The molecule has 1 N–H and O–H groups in total. The van der Waals surface area contributed by atoms with Crippen molar-refractivity contribution in [2.24, 2.45) is 5.92 Å². The molecule has 6 heteroatoms. The Bertz CT molecular complexity index is 574. The first-order valence-electron chi connectivity index (χ1n) is 6.72. The zero-order chi connectivity index (χ0) is 14.7. The van der Waals surface area contributed by atoms with Gasteiger partial charge < -0.3 is 5.32 Å². The zero-order valence-corrected chi connectivity index (χ0v) is 13.1. The Kier molecular flexibility index (Phi) is 4.73. The molecule has 0 saturated heterocycles. The highest BCUT2D eigenvalue weighted by molar-refractivity contribution is 6.31. The summed E-state index contributed by atoms with van der Waals surface area (Å²) < 4.78 is 1.67. The van der Waals surface area contributed by atoms with Gasteiger partial charge in [0.05, 0.1) is 16.4 Å². The summed E-state index contributed by atoms with van der Waals surface area (Å²) in [6.07, 6.45) is 3.64. The number of nitrogens with one attached hydrogen (secondary N) is 1. The highest BCUT2D eigenvalue weighted by Crippen LogP contribution is 2.20. The predicted octanol–water partition coefficient (Wildman–Crippen LogP) is 2.68. The molecule has 0 spiro atoms. The molecule has 2 aromatic heterocycles. The van der Waals surface area contributed by atoms with Gasteiger partial charge in [-0.1, -0.05) is 25.4 Å². The highest BCUT2D eigenvalue weighted by Gasteiger charge is 2.12. The van der Waals surface area contributed by atoms with Crippen LogP contribution in [0.2, 0.25) is 5.02 Å². The van der Waals surface area contributed by atoms with Crippen LogP contribution in [0.25, 0.3) is 5.95 Å². The smallest absolute Gasteiger partial charge is 0.250 e. The monoisotopic (exact) mass is 293 g/mol. The second-order valence-corrected chi connectivity index (χ2v) is 5.69. The van der Waals surface area contributed by atoms with Crippen LogP contribution in [-0.2, 0) is 6.54 Å². The fourth-order valence-corrected chi connectivity index (χ4v) is 1.99. The summed E-state index contributed by atoms with van der Waals surface area (Å²) in [6.45, 7) is 9.89. The normalized spacial score (nSPS) is 11.3. The number of hydrogen-bond donors (Lipinski definition) is 1. The minimum Gasteiger partial charge on any atom is -0.312 e. The quantitative estimate of drug-likeness (QED) is 0.921. The van der Waals surface area contributed by atoms with E-state index in [0.29, 0.717) is 16.9 Å². The first kappa shape index (κ1) is 14.9. The van der Waals surface area contributed by atoms with Gasteiger partial charge in [-0.25, -0.2) is 14.6 Å². The van der Waals surface area contributed by atoms with E-state index in [1.165, 1.54) is 0 Å². The van der Waals surface area contributed by atoms with Gasteiger partial charge in [0, 0.05) is 24.5 Å². The van der Waals surface area contributed by atoms with Crippen LogP contribution in [0.3, 0.4) is 0 Å². The van der Waals surface area contributed by atoms with Crippen LogP contribution in [0.1, 0.15) is 30.8 Å². The Morgan fingerprint density at radius 2 is 1.90 bits per heavy atom. The topological polar surface area (TPSA) is 55.6 Å². The number of halogens is 1. The third-order valence-corrected chi connectivity index (χ3v) is 3.51. The Labute approximate surface area is 124 Å². The van der Waals surface area contributed by atoms with Crippen molar-refractivity contribution in [3.8, 4) is 5.95 Å². The van der Waals surface area contributed by atoms with E-state index < -0.39 is 0 Å². The fraction of sp³-hybridized carbons (Fsp3) is 0.500. The van der Waals surface area contributed by atoms with E-state index >= 15 is 0 Å². The number of aryl methyl sites for hydroxylation is 1. The fourth-order valence-electron chi connectivity index (χ4n) is 1.87. The van der Waals surface area contributed by atoms with Crippen molar-refractivity contribution in [1.29, 1.82) is 0 Å². The van der Waals surface area contributed by atoms with Crippen molar-refractivity contribution in [2.75, 3.05) is 6.54 Å². The molecule has 0 bridgehead atoms. The number of hydrogen-bond acceptors (Lipinski definition) is 4. The van der Waals surface area contributed by atoms with Crippen LogP contribution in [0.15, 0.2) is 12.4 Å². The van der Waals surface area contributed by atoms with Gasteiger partial charge >= 0.3 is 0 Å². The predicted molar refractivity (Wildman–Crippen MR) is 80.2 cm³/mol. The van der Waals surface area contributed by atoms with E-state index in [2.05, 4.69) is 34.2 Å². The Balaban J connectivity index is 2.10. The van der Waals surface area contributed by atoms with Crippen molar-refractivity contribution in [3.05, 3.63) is 34.4 Å². The molecule has 20 heavy (non-hydrogen) atoms. The Morgan fingerprint density at radius 1 is 1.25 bits per heavy atom. The summed E-state index contributed by atoms with van der Waals surface area (Å²) in [6, 6.07) is 0. The maximum atomic E-state index is 6.13. The molecule has 108 valence electrons. The molecular formula is C14H20ClN5. The standard InChI is InChI=1S/C14H20ClN5/c1-9(2)5-16-6-12-7-17-14(18-8-12)20-11(4)13(15)10(3)19-20/h7-9,16H,5-6H2,1-4H3. The Hall–Kier alpha value is -1.46. The summed E-state index contributed by atoms with van der Waals surface area (Å²) in [5.41, 5.74) is 2.70. The van der Waals surface area contributed by atoms with Crippen molar-refractivity contribution in [1.82, 2.24) is 25.1 Å². The molecule has 0 amide bonds. The van der Waals surface area contributed by atoms with Crippen molar-refractivity contribution >= 4 is 11.6 Å². The Morgan fingerprint density at radius 3 is 2.40 bits per heavy atom. The van der Waals surface area contributed by atoms with Gasteiger partial charge in [0.15, 0.2) is 0 Å².